The molecule has 0 atom stereocenters. The van der Waals surface area contributed by atoms with Gasteiger partial charge in [-0.2, -0.15) is 0 Å². The first-order valence-corrected chi connectivity index (χ1v) is 3.68. The van der Waals surface area contributed by atoms with Crippen LogP contribution in [-0.4, -0.2) is 9.91 Å². The molecule has 0 saturated carbocycles. The van der Waals surface area contributed by atoms with Crippen LogP contribution in [0.25, 0.3) is 0 Å². The van der Waals surface area contributed by atoms with E-state index in [2.05, 4.69) is 4.98 Å². The molecular formula is C7H7ClN2O2. The normalized spacial score (nSPS) is 9.92. The van der Waals surface area contributed by atoms with Gasteiger partial charge in [0.2, 0.25) is 0 Å². The fourth-order valence-electron chi connectivity index (χ4n) is 0.886. The zero-order chi connectivity index (χ0) is 9.30. The molecule has 1 heterocycles. The van der Waals surface area contributed by atoms with Crippen molar-refractivity contribution < 1.29 is 4.92 Å². The van der Waals surface area contributed by atoms with Gasteiger partial charge < -0.3 is 0 Å². The molecular weight excluding hydrogens is 180 g/mol. The number of halogens is 1. The molecule has 0 radical (unpaired) electrons. The van der Waals surface area contributed by atoms with Crippen molar-refractivity contribution in [2.75, 3.05) is 0 Å². The molecule has 0 aliphatic rings. The van der Waals surface area contributed by atoms with Crippen molar-refractivity contribution in [3.8, 4) is 0 Å². The van der Waals surface area contributed by atoms with E-state index >= 15 is 0 Å². The Balaban J connectivity index is 3.43. The maximum absolute atomic E-state index is 10.5. The minimum atomic E-state index is -0.494. The number of pyridine rings is 1. The van der Waals surface area contributed by atoms with Crippen LogP contribution < -0.4 is 0 Å². The van der Waals surface area contributed by atoms with Gasteiger partial charge in [0.25, 0.3) is 5.69 Å². The van der Waals surface area contributed by atoms with Gasteiger partial charge in [-0.05, 0) is 13.8 Å². The van der Waals surface area contributed by atoms with Gasteiger partial charge >= 0.3 is 0 Å². The first kappa shape index (κ1) is 8.93. The van der Waals surface area contributed by atoms with Crippen molar-refractivity contribution in [2.24, 2.45) is 0 Å². The molecule has 5 heteroatoms. The highest BCUT2D eigenvalue weighted by molar-refractivity contribution is 6.32. The molecule has 0 N–H and O–H groups in total. The molecule has 0 spiro atoms. The Morgan fingerprint density at radius 1 is 1.58 bits per heavy atom. The van der Waals surface area contributed by atoms with Crippen LogP contribution in [0, 0.1) is 24.0 Å². The lowest BCUT2D eigenvalue weighted by atomic mass is 10.2. The van der Waals surface area contributed by atoms with Gasteiger partial charge in [-0.3, -0.25) is 15.1 Å². The second-order valence-corrected chi connectivity index (χ2v) is 2.83. The minimum Gasteiger partial charge on any atom is -0.259 e. The van der Waals surface area contributed by atoms with Gasteiger partial charge in [0.05, 0.1) is 11.1 Å². The molecule has 12 heavy (non-hydrogen) atoms. The number of nitrogens with zero attached hydrogens (tertiary/aromatic N) is 2. The van der Waals surface area contributed by atoms with E-state index in [9.17, 15) is 10.1 Å². The predicted molar refractivity (Wildman–Crippen MR) is 45.4 cm³/mol. The molecule has 0 bridgehead atoms. The standard InChI is InChI=1S/C7H7ClN2O2/c1-4-5(2)9-3-6(8)7(4)10(11)12/h3H,1-2H3. The van der Waals surface area contributed by atoms with E-state index in [0.29, 0.717) is 11.3 Å². The number of nitro groups is 1. The summed E-state index contributed by atoms with van der Waals surface area (Å²) in [5, 5.41) is 10.6. The fraction of sp³-hybridized carbons (Fsp3) is 0.286. The number of aromatic nitrogens is 1. The highest BCUT2D eigenvalue weighted by Crippen LogP contribution is 2.27. The van der Waals surface area contributed by atoms with E-state index in [1.165, 1.54) is 6.20 Å². The van der Waals surface area contributed by atoms with Crippen molar-refractivity contribution in [2.45, 2.75) is 13.8 Å². The topological polar surface area (TPSA) is 56.0 Å². The zero-order valence-electron chi connectivity index (χ0n) is 6.67. The van der Waals surface area contributed by atoms with Crippen LogP contribution >= 0.6 is 11.6 Å². The highest BCUT2D eigenvalue weighted by Gasteiger charge is 2.17. The van der Waals surface area contributed by atoms with Crippen LogP contribution in [0.2, 0.25) is 5.02 Å². The van der Waals surface area contributed by atoms with Gasteiger partial charge in [0.15, 0.2) is 0 Å². The van der Waals surface area contributed by atoms with Crippen molar-refractivity contribution in [3.05, 3.63) is 32.6 Å². The second-order valence-electron chi connectivity index (χ2n) is 2.42. The summed E-state index contributed by atoms with van der Waals surface area (Å²) in [5.74, 6) is 0. The van der Waals surface area contributed by atoms with E-state index in [-0.39, 0.29) is 10.7 Å². The zero-order valence-corrected chi connectivity index (χ0v) is 7.42. The third kappa shape index (κ3) is 1.38. The van der Waals surface area contributed by atoms with Crippen molar-refractivity contribution in [1.29, 1.82) is 0 Å². The third-order valence-corrected chi connectivity index (χ3v) is 1.95. The molecule has 1 rings (SSSR count). The van der Waals surface area contributed by atoms with Crippen molar-refractivity contribution in [3.63, 3.8) is 0 Å². The summed E-state index contributed by atoms with van der Waals surface area (Å²) in [4.78, 5) is 13.9. The monoisotopic (exact) mass is 186 g/mol. The predicted octanol–water partition coefficient (Wildman–Crippen LogP) is 2.26. The number of rotatable bonds is 1. The van der Waals surface area contributed by atoms with Crippen LogP contribution in [-0.2, 0) is 0 Å². The largest absolute Gasteiger partial charge is 0.294 e. The van der Waals surface area contributed by atoms with Crippen LogP contribution in [0.3, 0.4) is 0 Å². The SMILES string of the molecule is Cc1ncc(Cl)c([N+](=O)[O-])c1C. The summed E-state index contributed by atoms with van der Waals surface area (Å²) < 4.78 is 0. The molecule has 0 saturated heterocycles. The fourth-order valence-corrected chi connectivity index (χ4v) is 1.15. The van der Waals surface area contributed by atoms with Crippen LogP contribution in [0.5, 0.6) is 0 Å². The third-order valence-electron chi connectivity index (χ3n) is 1.68. The summed E-state index contributed by atoms with van der Waals surface area (Å²) in [6.45, 7) is 3.34. The summed E-state index contributed by atoms with van der Waals surface area (Å²) in [5.41, 5.74) is 1.10. The smallest absolute Gasteiger partial charge is 0.259 e. The minimum absolute atomic E-state index is 0.0517. The molecule has 0 amide bonds. The highest BCUT2D eigenvalue weighted by atomic mass is 35.5. The molecule has 0 aliphatic carbocycles. The summed E-state index contributed by atoms with van der Waals surface area (Å²) in [6, 6.07) is 0. The molecule has 0 aliphatic heterocycles. The van der Waals surface area contributed by atoms with E-state index in [1.807, 2.05) is 0 Å². The summed E-state index contributed by atoms with van der Waals surface area (Å²) in [7, 11) is 0. The Bertz CT molecular complexity index is 338. The summed E-state index contributed by atoms with van der Waals surface area (Å²) >= 11 is 5.59. The molecule has 0 unspecified atom stereocenters. The van der Waals surface area contributed by atoms with Crippen LogP contribution in [0.4, 0.5) is 5.69 Å². The molecule has 1 aromatic heterocycles. The lowest BCUT2D eigenvalue weighted by Gasteiger charge is -2.00. The van der Waals surface area contributed by atoms with Gasteiger partial charge in [0, 0.05) is 11.3 Å². The van der Waals surface area contributed by atoms with E-state index in [4.69, 9.17) is 11.6 Å². The second kappa shape index (κ2) is 3.06. The first-order chi connectivity index (χ1) is 5.54. The van der Waals surface area contributed by atoms with E-state index in [0.717, 1.165) is 0 Å². The average Bonchev–Trinajstić information content (AvgIpc) is 1.97. The van der Waals surface area contributed by atoms with Crippen LogP contribution in [0.1, 0.15) is 11.3 Å². The van der Waals surface area contributed by atoms with E-state index < -0.39 is 4.92 Å². The lowest BCUT2D eigenvalue weighted by molar-refractivity contribution is -0.385. The van der Waals surface area contributed by atoms with E-state index in [1.54, 1.807) is 13.8 Å². The molecule has 0 aromatic carbocycles. The first-order valence-electron chi connectivity index (χ1n) is 3.30. The Kier molecular flexibility index (Phi) is 2.28. The molecule has 0 fully saturated rings. The molecule has 1 aromatic rings. The quantitative estimate of drug-likeness (QED) is 0.499. The number of hydrogen-bond donors (Lipinski definition) is 0. The summed E-state index contributed by atoms with van der Waals surface area (Å²) in [6.07, 6.45) is 1.29. The number of aryl methyl sites for hydroxylation is 1. The van der Waals surface area contributed by atoms with Gasteiger partial charge in [-0.1, -0.05) is 11.6 Å². The maximum atomic E-state index is 10.5. The Labute approximate surface area is 74.3 Å². The molecule has 64 valence electrons. The lowest BCUT2D eigenvalue weighted by Crippen LogP contribution is -1.96. The van der Waals surface area contributed by atoms with Crippen molar-refractivity contribution in [1.82, 2.24) is 4.98 Å². The Morgan fingerprint density at radius 2 is 2.17 bits per heavy atom. The van der Waals surface area contributed by atoms with Crippen molar-refractivity contribution >= 4 is 17.3 Å². The van der Waals surface area contributed by atoms with Gasteiger partial charge in [-0.15, -0.1) is 0 Å². The van der Waals surface area contributed by atoms with Gasteiger partial charge in [-0.25, -0.2) is 0 Å². The Morgan fingerprint density at radius 3 is 2.58 bits per heavy atom. The maximum Gasteiger partial charge on any atom is 0.294 e. The number of hydrogen-bond acceptors (Lipinski definition) is 3. The van der Waals surface area contributed by atoms with Crippen LogP contribution in [0.15, 0.2) is 6.20 Å². The van der Waals surface area contributed by atoms with Gasteiger partial charge in [0.1, 0.15) is 5.02 Å². The molecule has 4 nitrogen and oxygen atoms in total. The average molecular weight is 187 g/mol. The Hall–Kier alpha value is -1.16.